The van der Waals surface area contributed by atoms with Gasteiger partial charge in [-0.05, 0) is 67.3 Å². The normalized spacial score (nSPS) is 17.9. The maximum atomic E-state index is 6.04. The third kappa shape index (κ3) is 3.22. The third-order valence-electron chi connectivity index (χ3n) is 4.13. The van der Waals surface area contributed by atoms with Crippen molar-refractivity contribution in [2.45, 2.75) is 38.1 Å². The van der Waals surface area contributed by atoms with Gasteiger partial charge in [0, 0.05) is 16.6 Å². The van der Waals surface area contributed by atoms with Gasteiger partial charge in [-0.2, -0.15) is 0 Å². The van der Waals surface area contributed by atoms with Crippen molar-refractivity contribution in [3.63, 3.8) is 0 Å². The van der Waals surface area contributed by atoms with Gasteiger partial charge in [0.05, 0.1) is 0 Å². The van der Waals surface area contributed by atoms with Gasteiger partial charge in [-0.1, -0.05) is 18.2 Å². The van der Waals surface area contributed by atoms with Crippen molar-refractivity contribution in [2.75, 3.05) is 12.3 Å². The fraction of sp³-hybridized carbons (Fsp3) is 0.412. The minimum absolute atomic E-state index is 0.618. The molecule has 0 aliphatic heterocycles. The first-order chi connectivity index (χ1) is 9.83. The number of benzene rings is 1. The van der Waals surface area contributed by atoms with Crippen LogP contribution in [-0.4, -0.2) is 12.6 Å². The second-order valence-corrected chi connectivity index (χ2v) is 6.59. The van der Waals surface area contributed by atoms with Gasteiger partial charge < -0.3 is 11.1 Å². The van der Waals surface area contributed by atoms with E-state index in [0.29, 0.717) is 6.04 Å². The molecule has 1 aliphatic carbocycles. The van der Waals surface area contributed by atoms with Gasteiger partial charge >= 0.3 is 0 Å². The molecule has 0 fully saturated rings. The molecule has 2 nitrogen and oxygen atoms in total. The molecule has 3 rings (SSSR count). The summed E-state index contributed by atoms with van der Waals surface area (Å²) in [5, 5.41) is 5.87. The summed E-state index contributed by atoms with van der Waals surface area (Å²) in [6.45, 7) is 1.11. The minimum atomic E-state index is 0.618. The van der Waals surface area contributed by atoms with Crippen molar-refractivity contribution in [3.05, 3.63) is 51.7 Å². The van der Waals surface area contributed by atoms with Crippen LogP contribution in [-0.2, 0) is 19.3 Å². The Kier molecular flexibility index (Phi) is 4.38. The van der Waals surface area contributed by atoms with Crippen LogP contribution in [0, 0.1) is 0 Å². The summed E-state index contributed by atoms with van der Waals surface area (Å²) in [7, 11) is 0. The van der Waals surface area contributed by atoms with E-state index in [9.17, 15) is 0 Å². The lowest BCUT2D eigenvalue weighted by atomic mass is 9.87. The Bertz CT molecular complexity index is 548. The number of fused-ring (bicyclic) bond motifs is 1. The standard InChI is InChI=1S/C17H22N2S/c18-17-7-1-4-13-12-14(8-9-16(13)17)19-10-2-5-15-6-3-11-20-15/h1,3-4,6-7,11,14,19H,2,5,8-10,12,18H2. The Morgan fingerprint density at radius 2 is 2.20 bits per heavy atom. The van der Waals surface area contributed by atoms with Crippen molar-refractivity contribution in [3.8, 4) is 0 Å². The van der Waals surface area contributed by atoms with Gasteiger partial charge in [-0.25, -0.2) is 0 Å². The Hall–Kier alpha value is -1.32. The van der Waals surface area contributed by atoms with Gasteiger partial charge in [-0.15, -0.1) is 11.3 Å². The van der Waals surface area contributed by atoms with Crippen LogP contribution in [0.15, 0.2) is 35.7 Å². The van der Waals surface area contributed by atoms with Crippen LogP contribution in [0.3, 0.4) is 0 Å². The van der Waals surface area contributed by atoms with Crippen LogP contribution < -0.4 is 11.1 Å². The largest absolute Gasteiger partial charge is 0.398 e. The van der Waals surface area contributed by atoms with E-state index in [0.717, 1.165) is 25.1 Å². The predicted molar refractivity (Wildman–Crippen MR) is 87.3 cm³/mol. The molecule has 1 aromatic carbocycles. The molecule has 20 heavy (non-hydrogen) atoms. The first kappa shape index (κ1) is 13.7. The van der Waals surface area contributed by atoms with Crippen LogP contribution in [0.2, 0.25) is 0 Å². The minimum Gasteiger partial charge on any atom is -0.398 e. The average Bonchev–Trinajstić information content (AvgIpc) is 2.97. The highest BCUT2D eigenvalue weighted by Crippen LogP contribution is 2.26. The first-order valence-corrected chi connectivity index (χ1v) is 8.33. The zero-order valence-electron chi connectivity index (χ0n) is 11.8. The van der Waals surface area contributed by atoms with E-state index in [2.05, 4.69) is 35.0 Å². The molecule has 0 saturated heterocycles. The molecule has 0 saturated carbocycles. The smallest absolute Gasteiger partial charge is 0.0349 e. The summed E-state index contributed by atoms with van der Waals surface area (Å²) in [5.41, 5.74) is 9.83. The molecule has 106 valence electrons. The maximum Gasteiger partial charge on any atom is 0.0349 e. The van der Waals surface area contributed by atoms with Crippen molar-refractivity contribution in [2.24, 2.45) is 0 Å². The van der Waals surface area contributed by atoms with Crippen molar-refractivity contribution in [1.29, 1.82) is 0 Å². The Balaban J connectivity index is 1.46. The Morgan fingerprint density at radius 3 is 3.05 bits per heavy atom. The van der Waals surface area contributed by atoms with Crippen LogP contribution in [0.5, 0.6) is 0 Å². The van der Waals surface area contributed by atoms with Gasteiger partial charge in [0.25, 0.3) is 0 Å². The molecule has 3 heteroatoms. The molecule has 0 amide bonds. The summed E-state index contributed by atoms with van der Waals surface area (Å²) >= 11 is 1.86. The van der Waals surface area contributed by atoms with Crippen LogP contribution in [0.1, 0.15) is 28.8 Å². The van der Waals surface area contributed by atoms with Crippen LogP contribution in [0.4, 0.5) is 5.69 Å². The molecule has 2 aromatic rings. The molecular weight excluding hydrogens is 264 g/mol. The van der Waals surface area contributed by atoms with E-state index in [-0.39, 0.29) is 0 Å². The number of rotatable bonds is 5. The first-order valence-electron chi connectivity index (χ1n) is 7.45. The van der Waals surface area contributed by atoms with Crippen molar-refractivity contribution >= 4 is 17.0 Å². The van der Waals surface area contributed by atoms with Crippen molar-refractivity contribution in [1.82, 2.24) is 5.32 Å². The number of hydrogen-bond donors (Lipinski definition) is 2. The molecule has 3 N–H and O–H groups in total. The lowest BCUT2D eigenvalue weighted by Crippen LogP contribution is -2.35. The second-order valence-electron chi connectivity index (χ2n) is 5.56. The molecule has 0 radical (unpaired) electrons. The van der Waals surface area contributed by atoms with E-state index < -0.39 is 0 Å². The van der Waals surface area contributed by atoms with Gasteiger partial charge in [0.15, 0.2) is 0 Å². The molecule has 1 aromatic heterocycles. The average molecular weight is 286 g/mol. The van der Waals surface area contributed by atoms with E-state index in [1.165, 1.54) is 35.3 Å². The molecule has 0 spiro atoms. The van der Waals surface area contributed by atoms with Crippen molar-refractivity contribution < 1.29 is 0 Å². The number of hydrogen-bond acceptors (Lipinski definition) is 3. The molecule has 1 unspecified atom stereocenters. The van der Waals surface area contributed by atoms with E-state index in [1.54, 1.807) is 0 Å². The number of nitrogens with one attached hydrogen (secondary N) is 1. The lowest BCUT2D eigenvalue weighted by Gasteiger charge is -2.26. The number of anilines is 1. The summed E-state index contributed by atoms with van der Waals surface area (Å²) in [6.07, 6.45) is 5.87. The summed E-state index contributed by atoms with van der Waals surface area (Å²) < 4.78 is 0. The maximum absolute atomic E-state index is 6.04. The SMILES string of the molecule is Nc1cccc2c1CCC(NCCCc1cccs1)C2. The molecule has 1 aliphatic rings. The van der Waals surface area contributed by atoms with Gasteiger partial charge in [-0.3, -0.25) is 0 Å². The molecule has 0 bridgehead atoms. The Morgan fingerprint density at radius 1 is 1.25 bits per heavy atom. The number of thiophene rings is 1. The highest BCUT2D eigenvalue weighted by molar-refractivity contribution is 7.09. The van der Waals surface area contributed by atoms with Gasteiger partial charge in [0.1, 0.15) is 0 Å². The van der Waals surface area contributed by atoms with Gasteiger partial charge in [0.2, 0.25) is 0 Å². The van der Waals surface area contributed by atoms with E-state index in [4.69, 9.17) is 5.73 Å². The second kappa shape index (κ2) is 6.42. The quantitative estimate of drug-likeness (QED) is 0.653. The summed E-state index contributed by atoms with van der Waals surface area (Å²) in [6, 6.07) is 11.3. The molecule has 1 atom stereocenters. The fourth-order valence-corrected chi connectivity index (χ4v) is 3.79. The molecule has 1 heterocycles. The zero-order chi connectivity index (χ0) is 13.8. The topological polar surface area (TPSA) is 38.0 Å². The molecular formula is C17H22N2S. The summed E-state index contributed by atoms with van der Waals surface area (Å²) in [4.78, 5) is 1.49. The zero-order valence-corrected chi connectivity index (χ0v) is 12.6. The third-order valence-corrected chi connectivity index (χ3v) is 5.07. The van der Waals surface area contributed by atoms with Crippen LogP contribution >= 0.6 is 11.3 Å². The summed E-state index contributed by atoms with van der Waals surface area (Å²) in [5.74, 6) is 0. The number of nitrogen functional groups attached to an aromatic ring is 1. The monoisotopic (exact) mass is 286 g/mol. The number of nitrogens with two attached hydrogens (primary N) is 1. The fourth-order valence-electron chi connectivity index (χ4n) is 3.03. The van der Waals surface area contributed by atoms with E-state index in [1.807, 2.05) is 17.4 Å². The predicted octanol–water partition coefficient (Wildman–Crippen LogP) is 3.41. The highest BCUT2D eigenvalue weighted by Gasteiger charge is 2.19. The van der Waals surface area contributed by atoms with Crippen LogP contribution in [0.25, 0.3) is 0 Å². The number of aryl methyl sites for hydroxylation is 1. The Labute approximate surface area is 125 Å². The lowest BCUT2D eigenvalue weighted by molar-refractivity contribution is 0.455. The van der Waals surface area contributed by atoms with E-state index >= 15 is 0 Å². The highest BCUT2D eigenvalue weighted by atomic mass is 32.1.